The summed E-state index contributed by atoms with van der Waals surface area (Å²) in [5.41, 5.74) is 1.81. The van der Waals surface area contributed by atoms with Crippen LogP contribution in [0.4, 0.5) is 0 Å². The number of nitrogens with zero attached hydrogens (tertiary/aromatic N) is 2. The van der Waals surface area contributed by atoms with E-state index in [0.717, 1.165) is 57.0 Å². The van der Waals surface area contributed by atoms with Gasteiger partial charge in [-0.25, -0.2) is 0 Å². The maximum absolute atomic E-state index is 12.7. The van der Waals surface area contributed by atoms with E-state index in [1.165, 1.54) is 50.5 Å². The Kier molecular flexibility index (Phi) is 5.66. The minimum atomic E-state index is 0.246. The number of fused-ring (bicyclic) bond motifs is 1. The third-order valence-corrected chi connectivity index (χ3v) is 8.22. The topological polar surface area (TPSA) is 35.6 Å². The summed E-state index contributed by atoms with van der Waals surface area (Å²) < 4.78 is 0. The predicted molar refractivity (Wildman–Crippen MR) is 116 cm³/mol. The van der Waals surface area contributed by atoms with Gasteiger partial charge in [0.05, 0.1) is 6.54 Å². The molecule has 158 valence electrons. The average molecular weight is 396 g/mol. The van der Waals surface area contributed by atoms with Crippen molar-refractivity contribution in [1.82, 2.24) is 15.1 Å². The van der Waals surface area contributed by atoms with Gasteiger partial charge in [-0.2, -0.15) is 0 Å². The van der Waals surface area contributed by atoms with Crippen LogP contribution < -0.4 is 5.32 Å². The molecular formula is C25H37N3O. The van der Waals surface area contributed by atoms with Gasteiger partial charge in [0.2, 0.25) is 5.91 Å². The molecule has 1 aromatic rings. The molecule has 1 aliphatic heterocycles. The van der Waals surface area contributed by atoms with Crippen LogP contribution in [0.25, 0.3) is 0 Å². The predicted octanol–water partition coefficient (Wildman–Crippen LogP) is 3.53. The van der Waals surface area contributed by atoms with Crippen molar-refractivity contribution in [3.05, 3.63) is 35.9 Å². The fraction of sp³-hybridized carbons (Fsp3) is 0.720. The third-order valence-electron chi connectivity index (χ3n) is 8.22. The summed E-state index contributed by atoms with van der Waals surface area (Å²) in [5, 5.41) is 3.37. The maximum atomic E-state index is 12.7. The van der Waals surface area contributed by atoms with Crippen molar-refractivity contribution in [3.63, 3.8) is 0 Å². The first-order chi connectivity index (χ1) is 14.2. The maximum Gasteiger partial charge on any atom is 0.234 e. The molecule has 6 rings (SSSR count). The molecule has 2 atom stereocenters. The Morgan fingerprint density at radius 3 is 2.21 bits per heavy atom. The van der Waals surface area contributed by atoms with Gasteiger partial charge in [0, 0.05) is 39.3 Å². The fourth-order valence-electron chi connectivity index (χ4n) is 7.08. The smallest absolute Gasteiger partial charge is 0.234 e. The van der Waals surface area contributed by atoms with E-state index in [1.807, 2.05) is 0 Å². The summed E-state index contributed by atoms with van der Waals surface area (Å²) in [6, 6.07) is 10.7. The number of nitrogens with one attached hydrogen (secondary N) is 1. The molecule has 1 amide bonds. The molecule has 1 saturated heterocycles. The van der Waals surface area contributed by atoms with Crippen LogP contribution in [0.3, 0.4) is 0 Å². The molecule has 0 unspecified atom stereocenters. The van der Waals surface area contributed by atoms with Crippen molar-refractivity contribution in [1.29, 1.82) is 0 Å². The first kappa shape index (κ1) is 19.6. The van der Waals surface area contributed by atoms with Crippen LogP contribution in [0.1, 0.15) is 50.5 Å². The lowest BCUT2D eigenvalue weighted by Crippen LogP contribution is -2.51. The molecule has 4 saturated carbocycles. The molecule has 1 N–H and O–H groups in total. The van der Waals surface area contributed by atoms with E-state index >= 15 is 0 Å². The Labute approximate surface area is 176 Å². The standard InChI is InChI=1S/C25H37N3O/c29-24(18-28-10-8-27(9-11-28)17-20-4-2-1-3-5-20)26-19-25-14-21-6-7-22(15-25)13-23(12-21)16-25/h1-5,21-23H,6-19H2,(H,26,29)/t21-,22-,23?,25?/m0/s1. The number of piperazine rings is 1. The summed E-state index contributed by atoms with van der Waals surface area (Å²) in [7, 11) is 0. The molecule has 5 aliphatic rings. The van der Waals surface area contributed by atoms with Crippen LogP contribution in [-0.2, 0) is 11.3 Å². The summed E-state index contributed by atoms with van der Waals surface area (Å²) in [4.78, 5) is 17.5. The molecule has 0 spiro atoms. The zero-order chi connectivity index (χ0) is 19.7. The quantitative estimate of drug-likeness (QED) is 0.800. The summed E-state index contributed by atoms with van der Waals surface area (Å²) in [6.45, 7) is 6.63. The molecule has 4 bridgehead atoms. The summed E-state index contributed by atoms with van der Waals surface area (Å²) in [6.07, 6.45) is 9.96. The number of carbonyl (C=O) groups excluding carboxylic acids is 1. The van der Waals surface area contributed by atoms with E-state index in [1.54, 1.807) is 0 Å². The van der Waals surface area contributed by atoms with Gasteiger partial charge in [-0.15, -0.1) is 0 Å². The molecule has 5 fully saturated rings. The number of benzene rings is 1. The van der Waals surface area contributed by atoms with Crippen LogP contribution in [0.5, 0.6) is 0 Å². The Morgan fingerprint density at radius 2 is 1.52 bits per heavy atom. The first-order valence-corrected chi connectivity index (χ1v) is 11.9. The molecule has 0 aromatic heterocycles. The van der Waals surface area contributed by atoms with Gasteiger partial charge in [-0.1, -0.05) is 43.2 Å². The van der Waals surface area contributed by atoms with E-state index in [9.17, 15) is 4.79 Å². The molecule has 1 aromatic carbocycles. The van der Waals surface area contributed by atoms with Crippen LogP contribution in [0, 0.1) is 23.2 Å². The molecule has 0 radical (unpaired) electrons. The van der Waals surface area contributed by atoms with Gasteiger partial charge in [0.15, 0.2) is 0 Å². The molecule has 1 heterocycles. The molecular weight excluding hydrogens is 358 g/mol. The number of hydrogen-bond donors (Lipinski definition) is 1. The van der Waals surface area contributed by atoms with E-state index in [4.69, 9.17) is 0 Å². The van der Waals surface area contributed by atoms with Gasteiger partial charge >= 0.3 is 0 Å². The number of amides is 1. The average Bonchev–Trinajstić information content (AvgIpc) is 2.94. The summed E-state index contributed by atoms with van der Waals surface area (Å²) >= 11 is 0. The highest BCUT2D eigenvalue weighted by Gasteiger charge is 2.48. The number of carbonyl (C=O) groups is 1. The van der Waals surface area contributed by atoms with E-state index in [-0.39, 0.29) is 5.91 Å². The van der Waals surface area contributed by atoms with Crippen LogP contribution in [0.15, 0.2) is 30.3 Å². The summed E-state index contributed by atoms with van der Waals surface area (Å²) in [5.74, 6) is 3.08. The van der Waals surface area contributed by atoms with Gasteiger partial charge in [0.1, 0.15) is 0 Å². The zero-order valence-electron chi connectivity index (χ0n) is 17.8. The highest BCUT2D eigenvalue weighted by atomic mass is 16.2. The Hall–Kier alpha value is -1.39. The molecule has 4 heteroatoms. The van der Waals surface area contributed by atoms with Gasteiger partial charge < -0.3 is 5.32 Å². The zero-order valence-corrected chi connectivity index (χ0v) is 17.8. The second-order valence-electron chi connectivity index (χ2n) is 10.6. The van der Waals surface area contributed by atoms with Crippen molar-refractivity contribution in [2.45, 2.75) is 51.5 Å². The Morgan fingerprint density at radius 1 is 0.897 bits per heavy atom. The lowest BCUT2D eigenvalue weighted by atomic mass is 9.58. The van der Waals surface area contributed by atoms with Crippen molar-refractivity contribution < 1.29 is 4.79 Å². The first-order valence-electron chi connectivity index (χ1n) is 11.9. The fourth-order valence-corrected chi connectivity index (χ4v) is 7.08. The van der Waals surface area contributed by atoms with Gasteiger partial charge in [-0.05, 0) is 60.8 Å². The highest BCUT2D eigenvalue weighted by Crippen LogP contribution is 2.57. The second kappa shape index (κ2) is 8.39. The van der Waals surface area contributed by atoms with Crippen LogP contribution in [-0.4, -0.2) is 55.0 Å². The van der Waals surface area contributed by atoms with Gasteiger partial charge in [-0.3, -0.25) is 14.6 Å². The largest absolute Gasteiger partial charge is 0.354 e. The molecule has 4 aliphatic carbocycles. The lowest BCUT2D eigenvalue weighted by Gasteiger charge is -2.48. The van der Waals surface area contributed by atoms with E-state index < -0.39 is 0 Å². The molecule has 29 heavy (non-hydrogen) atoms. The van der Waals surface area contributed by atoms with Crippen LogP contribution >= 0.6 is 0 Å². The lowest BCUT2D eigenvalue weighted by molar-refractivity contribution is -0.123. The highest BCUT2D eigenvalue weighted by molar-refractivity contribution is 5.78. The van der Waals surface area contributed by atoms with E-state index in [0.29, 0.717) is 12.0 Å². The van der Waals surface area contributed by atoms with Crippen molar-refractivity contribution in [2.75, 3.05) is 39.3 Å². The number of hydrogen-bond acceptors (Lipinski definition) is 3. The van der Waals surface area contributed by atoms with Gasteiger partial charge in [0.25, 0.3) is 0 Å². The third kappa shape index (κ3) is 4.69. The number of rotatable bonds is 6. The minimum absolute atomic E-state index is 0.246. The van der Waals surface area contributed by atoms with Crippen molar-refractivity contribution in [2.24, 2.45) is 23.2 Å². The molecule has 4 nitrogen and oxygen atoms in total. The minimum Gasteiger partial charge on any atom is -0.354 e. The van der Waals surface area contributed by atoms with E-state index in [2.05, 4.69) is 45.4 Å². The monoisotopic (exact) mass is 395 g/mol. The van der Waals surface area contributed by atoms with Crippen LogP contribution in [0.2, 0.25) is 0 Å². The Balaban J connectivity index is 1.06. The normalized spacial score (nSPS) is 34.8. The second-order valence-corrected chi connectivity index (χ2v) is 10.6. The SMILES string of the molecule is O=C(CN1CCN(Cc2ccccc2)CC1)NCC12CC3C[C@H](CC[C@@H](C3)C1)C2. The Bertz CT molecular complexity index is 681. The van der Waals surface area contributed by atoms with Crippen molar-refractivity contribution in [3.8, 4) is 0 Å². The van der Waals surface area contributed by atoms with Crippen molar-refractivity contribution >= 4 is 5.91 Å².